The van der Waals surface area contributed by atoms with Gasteiger partial charge in [0.1, 0.15) is 0 Å². The van der Waals surface area contributed by atoms with Crippen LogP contribution in [-0.2, 0) is 11.3 Å². The Bertz CT molecular complexity index is 418. The van der Waals surface area contributed by atoms with E-state index in [0.717, 1.165) is 42.7 Å². The fourth-order valence-electron chi connectivity index (χ4n) is 2.22. The number of nitrogens with zero attached hydrogens (tertiary/aromatic N) is 1. The van der Waals surface area contributed by atoms with Gasteiger partial charge in [-0.15, -0.1) is 0 Å². The van der Waals surface area contributed by atoms with Crippen molar-refractivity contribution < 1.29 is 4.74 Å². The van der Waals surface area contributed by atoms with Crippen LogP contribution in [0.25, 0.3) is 0 Å². The number of thiocarbonyl (C=S) groups is 1. The van der Waals surface area contributed by atoms with Gasteiger partial charge in [0.15, 0.2) is 5.11 Å². The number of hydrogen-bond donors (Lipinski definition) is 1. The summed E-state index contributed by atoms with van der Waals surface area (Å²) in [5.41, 5.74) is 1.19. The van der Waals surface area contributed by atoms with Crippen LogP contribution >= 0.6 is 23.8 Å². The lowest BCUT2D eigenvalue weighted by Crippen LogP contribution is -2.41. The molecule has 1 aliphatic heterocycles. The van der Waals surface area contributed by atoms with Gasteiger partial charge in [0.25, 0.3) is 0 Å². The molecule has 1 aromatic carbocycles. The normalized spacial score (nSPS) is 18.3. The van der Waals surface area contributed by atoms with Gasteiger partial charge in [0.2, 0.25) is 0 Å². The van der Waals surface area contributed by atoms with Crippen LogP contribution in [0.3, 0.4) is 0 Å². The highest BCUT2D eigenvalue weighted by molar-refractivity contribution is 7.80. The largest absolute Gasteiger partial charge is 0.376 e. The molecule has 1 atom stereocenters. The fourth-order valence-corrected chi connectivity index (χ4v) is 2.49. The molecule has 0 unspecified atom stereocenters. The maximum Gasteiger partial charge on any atom is 0.169 e. The molecule has 1 N–H and O–H groups in total. The Labute approximate surface area is 124 Å². The monoisotopic (exact) mass is 298 g/mol. The zero-order chi connectivity index (χ0) is 13.7. The van der Waals surface area contributed by atoms with Crippen LogP contribution in [0.15, 0.2) is 24.3 Å². The lowest BCUT2D eigenvalue weighted by atomic mass is 10.2. The van der Waals surface area contributed by atoms with Gasteiger partial charge in [-0.25, -0.2) is 0 Å². The van der Waals surface area contributed by atoms with Gasteiger partial charge < -0.3 is 15.0 Å². The second-order valence-corrected chi connectivity index (χ2v) is 5.52. The highest BCUT2D eigenvalue weighted by atomic mass is 35.5. The Morgan fingerprint density at radius 1 is 1.47 bits per heavy atom. The molecule has 0 aromatic heterocycles. The summed E-state index contributed by atoms with van der Waals surface area (Å²) in [6.07, 6.45) is 2.55. The van der Waals surface area contributed by atoms with E-state index in [1.165, 1.54) is 5.56 Å². The van der Waals surface area contributed by atoms with Gasteiger partial charge in [-0.2, -0.15) is 0 Å². The molecule has 0 radical (unpaired) electrons. The summed E-state index contributed by atoms with van der Waals surface area (Å²) in [6, 6.07) is 7.87. The molecule has 0 saturated carbocycles. The highest BCUT2D eigenvalue weighted by Crippen LogP contribution is 2.16. The molecule has 0 spiro atoms. The van der Waals surface area contributed by atoms with Gasteiger partial charge in [0.05, 0.1) is 6.10 Å². The van der Waals surface area contributed by atoms with Crippen molar-refractivity contribution in [2.24, 2.45) is 0 Å². The van der Waals surface area contributed by atoms with Crippen molar-refractivity contribution in [1.82, 2.24) is 10.2 Å². The van der Waals surface area contributed by atoms with Crippen LogP contribution in [0.2, 0.25) is 5.02 Å². The first-order valence-electron chi connectivity index (χ1n) is 6.51. The number of rotatable bonds is 4. The lowest BCUT2D eigenvalue weighted by Gasteiger charge is -2.27. The van der Waals surface area contributed by atoms with Gasteiger partial charge >= 0.3 is 0 Å². The number of benzene rings is 1. The molecule has 1 fully saturated rings. The lowest BCUT2D eigenvalue weighted by molar-refractivity contribution is 0.0899. The van der Waals surface area contributed by atoms with Gasteiger partial charge in [-0.05, 0) is 42.8 Å². The minimum absolute atomic E-state index is 0.290. The van der Waals surface area contributed by atoms with Crippen molar-refractivity contribution in [3.05, 3.63) is 34.9 Å². The first-order chi connectivity index (χ1) is 9.19. The summed E-state index contributed by atoms with van der Waals surface area (Å²) >= 11 is 11.3. The van der Waals surface area contributed by atoms with Crippen LogP contribution in [0.1, 0.15) is 18.4 Å². The maximum absolute atomic E-state index is 5.90. The minimum Gasteiger partial charge on any atom is -0.376 e. The summed E-state index contributed by atoms with van der Waals surface area (Å²) in [5, 5.41) is 4.56. The quantitative estimate of drug-likeness (QED) is 0.864. The van der Waals surface area contributed by atoms with Gasteiger partial charge in [-0.3, -0.25) is 0 Å². The topological polar surface area (TPSA) is 24.5 Å². The van der Waals surface area contributed by atoms with E-state index < -0.39 is 0 Å². The van der Waals surface area contributed by atoms with Crippen LogP contribution < -0.4 is 5.32 Å². The molecule has 5 heteroatoms. The third kappa shape index (κ3) is 4.34. The highest BCUT2D eigenvalue weighted by Gasteiger charge is 2.20. The third-order valence-corrected chi connectivity index (χ3v) is 3.95. The van der Waals surface area contributed by atoms with E-state index >= 15 is 0 Å². The SMILES string of the molecule is CNC(=S)N(Cc1ccc(Cl)cc1)C[C@@H]1CCCO1. The van der Waals surface area contributed by atoms with Crippen molar-refractivity contribution in [2.75, 3.05) is 20.2 Å². The standard InChI is InChI=1S/C14H19ClN2OS/c1-16-14(19)17(10-13-3-2-8-18-13)9-11-4-6-12(15)7-5-11/h4-7,13H,2-3,8-10H2,1H3,(H,16,19)/t13-/m0/s1. The minimum atomic E-state index is 0.290. The smallest absolute Gasteiger partial charge is 0.169 e. The first-order valence-corrected chi connectivity index (χ1v) is 7.30. The number of halogens is 1. The summed E-state index contributed by atoms with van der Waals surface area (Å²) in [6.45, 7) is 2.48. The zero-order valence-electron chi connectivity index (χ0n) is 11.1. The van der Waals surface area contributed by atoms with E-state index in [-0.39, 0.29) is 0 Å². The van der Waals surface area contributed by atoms with Crippen LogP contribution in [0, 0.1) is 0 Å². The molecule has 1 aliphatic rings. The summed E-state index contributed by atoms with van der Waals surface area (Å²) < 4.78 is 5.68. The summed E-state index contributed by atoms with van der Waals surface area (Å²) in [7, 11) is 1.85. The van der Waals surface area contributed by atoms with E-state index in [9.17, 15) is 0 Å². The van der Waals surface area contributed by atoms with Gasteiger partial charge in [0, 0.05) is 31.8 Å². The van der Waals surface area contributed by atoms with Crippen LogP contribution in [0.4, 0.5) is 0 Å². The molecular weight excluding hydrogens is 280 g/mol. The molecule has 0 amide bonds. The molecule has 0 aliphatic carbocycles. The van der Waals surface area contributed by atoms with Crippen molar-refractivity contribution in [3.8, 4) is 0 Å². The molecular formula is C14H19ClN2OS. The molecule has 3 nitrogen and oxygen atoms in total. The first kappa shape index (κ1) is 14.6. The Morgan fingerprint density at radius 2 is 2.21 bits per heavy atom. The Kier molecular flexibility index (Phi) is 5.43. The average Bonchev–Trinajstić information content (AvgIpc) is 2.92. The number of hydrogen-bond acceptors (Lipinski definition) is 2. The fraction of sp³-hybridized carbons (Fsp3) is 0.500. The number of nitrogens with one attached hydrogen (secondary N) is 1. The summed E-state index contributed by atoms with van der Waals surface area (Å²) in [4.78, 5) is 2.15. The summed E-state index contributed by atoms with van der Waals surface area (Å²) in [5.74, 6) is 0. The van der Waals surface area contributed by atoms with Crippen molar-refractivity contribution in [3.63, 3.8) is 0 Å². The molecule has 104 valence electrons. The van der Waals surface area contributed by atoms with Crippen molar-refractivity contribution in [2.45, 2.75) is 25.5 Å². The Balaban J connectivity index is 2.00. The molecule has 19 heavy (non-hydrogen) atoms. The second-order valence-electron chi connectivity index (χ2n) is 4.70. The van der Waals surface area contributed by atoms with Crippen LogP contribution in [-0.4, -0.2) is 36.3 Å². The average molecular weight is 299 g/mol. The predicted molar refractivity (Wildman–Crippen MR) is 82.5 cm³/mol. The van der Waals surface area contributed by atoms with E-state index in [2.05, 4.69) is 10.2 Å². The molecule has 1 saturated heterocycles. The Morgan fingerprint density at radius 3 is 2.79 bits per heavy atom. The zero-order valence-corrected chi connectivity index (χ0v) is 12.6. The second kappa shape index (κ2) is 7.08. The van der Waals surface area contributed by atoms with E-state index in [0.29, 0.717) is 6.10 Å². The van der Waals surface area contributed by atoms with Gasteiger partial charge in [-0.1, -0.05) is 23.7 Å². The van der Waals surface area contributed by atoms with E-state index in [4.69, 9.17) is 28.6 Å². The van der Waals surface area contributed by atoms with Crippen LogP contribution in [0.5, 0.6) is 0 Å². The maximum atomic E-state index is 5.90. The number of ether oxygens (including phenoxy) is 1. The molecule has 0 bridgehead atoms. The van der Waals surface area contributed by atoms with Crippen molar-refractivity contribution >= 4 is 28.9 Å². The third-order valence-electron chi connectivity index (χ3n) is 3.24. The molecule has 1 heterocycles. The van der Waals surface area contributed by atoms with Crippen molar-refractivity contribution in [1.29, 1.82) is 0 Å². The predicted octanol–water partition coefficient (Wildman–Crippen LogP) is 2.83. The molecule has 1 aromatic rings. The van der Waals surface area contributed by atoms with E-state index in [1.807, 2.05) is 31.3 Å². The van der Waals surface area contributed by atoms with E-state index in [1.54, 1.807) is 0 Å². The Hall–Kier alpha value is -0.840. The molecule has 2 rings (SSSR count).